The van der Waals surface area contributed by atoms with Gasteiger partial charge in [0.1, 0.15) is 5.82 Å². The number of rotatable bonds is 3. The summed E-state index contributed by atoms with van der Waals surface area (Å²) in [5.41, 5.74) is -0.410. The Hall–Kier alpha value is -1.78. The molecule has 0 amide bonds. The van der Waals surface area contributed by atoms with Crippen molar-refractivity contribution in [2.75, 3.05) is 18.0 Å². The summed E-state index contributed by atoms with van der Waals surface area (Å²) in [7, 11) is 0. The molecular formula is C17H16Cl2N2O2. The fraction of sp³-hybridized carbons (Fsp3) is 0.294. The second-order valence-corrected chi connectivity index (χ2v) is 6.45. The molecule has 1 N–H and O–H groups in total. The normalized spacial score (nSPS) is 17.0. The number of carboxylic acid groups (broad SMARTS) is 1. The van der Waals surface area contributed by atoms with Crippen LogP contribution < -0.4 is 4.90 Å². The molecule has 0 radical (unpaired) electrons. The van der Waals surface area contributed by atoms with Gasteiger partial charge < -0.3 is 10.0 Å². The number of piperidine rings is 1. The van der Waals surface area contributed by atoms with E-state index in [1.807, 2.05) is 18.2 Å². The molecule has 2 aromatic rings. The van der Waals surface area contributed by atoms with E-state index in [1.54, 1.807) is 24.4 Å². The van der Waals surface area contributed by atoms with E-state index in [-0.39, 0.29) is 0 Å². The summed E-state index contributed by atoms with van der Waals surface area (Å²) < 4.78 is 0. The molecule has 1 aromatic heterocycles. The van der Waals surface area contributed by atoms with Crippen molar-refractivity contribution in [3.8, 4) is 0 Å². The number of benzene rings is 1. The van der Waals surface area contributed by atoms with E-state index in [4.69, 9.17) is 23.2 Å². The van der Waals surface area contributed by atoms with Gasteiger partial charge in [-0.25, -0.2) is 4.98 Å². The van der Waals surface area contributed by atoms with E-state index in [1.165, 1.54) is 0 Å². The van der Waals surface area contributed by atoms with E-state index >= 15 is 0 Å². The van der Waals surface area contributed by atoms with Gasteiger partial charge in [0, 0.05) is 19.3 Å². The first kappa shape index (κ1) is 16.1. The van der Waals surface area contributed by atoms with Crippen molar-refractivity contribution in [1.82, 2.24) is 4.98 Å². The first-order valence-corrected chi connectivity index (χ1v) is 8.14. The third kappa shape index (κ3) is 2.89. The summed E-state index contributed by atoms with van der Waals surface area (Å²) in [6, 6.07) is 10.9. The molecule has 0 bridgehead atoms. The third-order valence-corrected chi connectivity index (χ3v) is 5.29. The van der Waals surface area contributed by atoms with E-state index in [9.17, 15) is 9.90 Å². The Bertz CT molecular complexity index is 714. The number of nitrogens with zero attached hydrogens (tertiary/aromatic N) is 2. The summed E-state index contributed by atoms with van der Waals surface area (Å²) in [6.07, 6.45) is 2.65. The largest absolute Gasteiger partial charge is 0.481 e. The minimum Gasteiger partial charge on any atom is -0.481 e. The van der Waals surface area contributed by atoms with E-state index < -0.39 is 11.4 Å². The van der Waals surface area contributed by atoms with Gasteiger partial charge >= 0.3 is 5.97 Å². The molecule has 1 aromatic carbocycles. The SMILES string of the molecule is O=C(O)C1(c2cccc(Cl)c2Cl)CCN(c2ccccn2)CC1. The second kappa shape index (κ2) is 6.38. The maximum Gasteiger partial charge on any atom is 0.314 e. The first-order chi connectivity index (χ1) is 11.0. The molecule has 1 saturated heterocycles. The van der Waals surface area contributed by atoms with Crippen molar-refractivity contribution in [1.29, 1.82) is 0 Å². The van der Waals surface area contributed by atoms with Gasteiger partial charge in [0.05, 0.1) is 15.5 Å². The van der Waals surface area contributed by atoms with Crippen LogP contribution >= 0.6 is 23.2 Å². The van der Waals surface area contributed by atoms with Crippen molar-refractivity contribution in [2.24, 2.45) is 0 Å². The Morgan fingerprint density at radius 3 is 2.48 bits per heavy atom. The van der Waals surface area contributed by atoms with E-state index in [2.05, 4.69) is 9.88 Å². The van der Waals surface area contributed by atoms with E-state index in [0.29, 0.717) is 41.5 Å². The molecule has 0 unspecified atom stereocenters. The molecule has 3 rings (SSSR count). The summed E-state index contributed by atoms with van der Waals surface area (Å²) in [5.74, 6) is 0.00557. The fourth-order valence-electron chi connectivity index (χ4n) is 3.13. The van der Waals surface area contributed by atoms with Gasteiger partial charge in [0.25, 0.3) is 0 Å². The van der Waals surface area contributed by atoms with Crippen molar-refractivity contribution in [2.45, 2.75) is 18.3 Å². The van der Waals surface area contributed by atoms with Crippen LogP contribution in [0.5, 0.6) is 0 Å². The van der Waals surface area contributed by atoms with Crippen LogP contribution in [-0.4, -0.2) is 29.1 Å². The molecule has 0 spiro atoms. The molecule has 1 aliphatic heterocycles. The summed E-state index contributed by atoms with van der Waals surface area (Å²) in [5, 5.41) is 10.6. The van der Waals surface area contributed by atoms with Gasteiger partial charge in [-0.1, -0.05) is 41.4 Å². The number of aromatic nitrogens is 1. The zero-order chi connectivity index (χ0) is 16.4. The zero-order valence-electron chi connectivity index (χ0n) is 12.4. The molecule has 0 atom stereocenters. The number of halogens is 2. The van der Waals surface area contributed by atoms with Crippen LogP contribution in [0.25, 0.3) is 0 Å². The lowest BCUT2D eigenvalue weighted by atomic mass is 9.72. The number of carboxylic acids is 1. The van der Waals surface area contributed by atoms with Gasteiger partial charge in [0.2, 0.25) is 0 Å². The summed E-state index contributed by atoms with van der Waals surface area (Å²) >= 11 is 12.4. The van der Waals surface area contributed by atoms with Crippen molar-refractivity contribution in [3.63, 3.8) is 0 Å². The van der Waals surface area contributed by atoms with Crippen LogP contribution in [0.1, 0.15) is 18.4 Å². The lowest BCUT2D eigenvalue weighted by molar-refractivity contribution is -0.144. The average Bonchev–Trinajstić information content (AvgIpc) is 2.58. The molecule has 2 heterocycles. The Kier molecular flexibility index (Phi) is 4.46. The van der Waals surface area contributed by atoms with Crippen LogP contribution in [0, 0.1) is 0 Å². The van der Waals surface area contributed by atoms with Crippen molar-refractivity contribution < 1.29 is 9.90 Å². The van der Waals surface area contributed by atoms with Crippen LogP contribution in [0.4, 0.5) is 5.82 Å². The molecule has 6 heteroatoms. The van der Waals surface area contributed by atoms with Crippen LogP contribution in [0.2, 0.25) is 10.0 Å². The molecule has 0 aliphatic carbocycles. The number of aliphatic carboxylic acids is 1. The van der Waals surface area contributed by atoms with Crippen LogP contribution in [-0.2, 0) is 10.2 Å². The Balaban J connectivity index is 1.91. The lowest BCUT2D eigenvalue weighted by Crippen LogP contribution is -2.47. The minimum atomic E-state index is -1.01. The molecule has 0 saturated carbocycles. The highest BCUT2D eigenvalue weighted by atomic mass is 35.5. The quantitative estimate of drug-likeness (QED) is 0.908. The smallest absolute Gasteiger partial charge is 0.314 e. The van der Waals surface area contributed by atoms with Crippen LogP contribution in [0.15, 0.2) is 42.6 Å². The molecule has 4 nitrogen and oxygen atoms in total. The Morgan fingerprint density at radius 1 is 1.13 bits per heavy atom. The minimum absolute atomic E-state index is 0.336. The van der Waals surface area contributed by atoms with Gasteiger partial charge in [-0.05, 0) is 36.6 Å². The molecule has 1 aliphatic rings. The maximum atomic E-state index is 12.0. The predicted octanol–water partition coefficient (Wildman–Crippen LogP) is 4.01. The zero-order valence-corrected chi connectivity index (χ0v) is 13.9. The maximum absolute atomic E-state index is 12.0. The van der Waals surface area contributed by atoms with Crippen LogP contribution in [0.3, 0.4) is 0 Å². The van der Waals surface area contributed by atoms with Gasteiger partial charge in [-0.15, -0.1) is 0 Å². The Morgan fingerprint density at radius 2 is 1.87 bits per heavy atom. The second-order valence-electron chi connectivity index (χ2n) is 5.66. The monoisotopic (exact) mass is 350 g/mol. The van der Waals surface area contributed by atoms with Crippen molar-refractivity contribution in [3.05, 3.63) is 58.2 Å². The first-order valence-electron chi connectivity index (χ1n) is 7.38. The summed E-state index contributed by atoms with van der Waals surface area (Å²) in [6.45, 7) is 1.21. The molecule has 23 heavy (non-hydrogen) atoms. The number of carbonyl (C=O) groups is 1. The lowest BCUT2D eigenvalue weighted by Gasteiger charge is -2.40. The number of pyridine rings is 1. The number of hydrogen-bond acceptors (Lipinski definition) is 3. The predicted molar refractivity (Wildman–Crippen MR) is 91.5 cm³/mol. The highest BCUT2D eigenvalue weighted by molar-refractivity contribution is 6.42. The van der Waals surface area contributed by atoms with E-state index in [0.717, 1.165) is 5.82 Å². The third-order valence-electron chi connectivity index (χ3n) is 4.47. The molecule has 120 valence electrons. The van der Waals surface area contributed by atoms with Crippen molar-refractivity contribution >= 4 is 35.0 Å². The standard InChI is InChI=1S/C17H16Cl2N2O2/c18-13-5-3-4-12(15(13)19)17(16(22)23)7-10-21(11-8-17)14-6-1-2-9-20-14/h1-6,9H,7-8,10-11H2,(H,22,23). The van der Waals surface area contributed by atoms with Gasteiger partial charge in [-0.3, -0.25) is 4.79 Å². The number of hydrogen-bond donors (Lipinski definition) is 1. The van der Waals surface area contributed by atoms with Gasteiger partial charge in [-0.2, -0.15) is 0 Å². The average molecular weight is 351 g/mol. The Labute approximate surface area is 144 Å². The topological polar surface area (TPSA) is 53.4 Å². The summed E-state index contributed by atoms with van der Waals surface area (Å²) in [4.78, 5) is 18.5. The fourth-order valence-corrected chi connectivity index (χ4v) is 3.61. The van der Waals surface area contributed by atoms with Gasteiger partial charge in [0.15, 0.2) is 0 Å². The highest BCUT2D eigenvalue weighted by Gasteiger charge is 2.44. The highest BCUT2D eigenvalue weighted by Crippen LogP contribution is 2.42. The molecular weight excluding hydrogens is 335 g/mol. The number of anilines is 1. The molecule has 1 fully saturated rings.